The number of ether oxygens (including phenoxy) is 1. The molecule has 3 aromatic rings. The second-order valence-corrected chi connectivity index (χ2v) is 15.6. The Morgan fingerprint density at radius 3 is 1.64 bits per heavy atom. The van der Waals surface area contributed by atoms with Gasteiger partial charge in [-0.1, -0.05) is 10.1 Å². The minimum absolute atomic E-state index is 0.00248. The van der Waals surface area contributed by atoms with Crippen LogP contribution in [-0.2, 0) is 56.9 Å². The Morgan fingerprint density at radius 1 is 0.660 bits per heavy atom. The molecule has 0 bridgehead atoms. The van der Waals surface area contributed by atoms with Crippen LogP contribution in [0.2, 0.25) is 0 Å². The quantitative estimate of drug-likeness (QED) is 0.0200. The lowest BCUT2D eigenvalue weighted by atomic mass is 10.2. The van der Waals surface area contributed by atoms with Gasteiger partial charge in [-0.2, -0.15) is 8.42 Å². The molecule has 0 fully saturated rings. The van der Waals surface area contributed by atoms with Crippen LogP contribution in [0.25, 0.3) is 0 Å². The number of nitrogens with zero attached hydrogens (tertiary/aromatic N) is 4. The summed E-state index contributed by atoms with van der Waals surface area (Å²) in [6.45, 7) is -0.789. The Morgan fingerprint density at radius 2 is 1.14 bits per heavy atom. The highest BCUT2D eigenvalue weighted by atomic mass is 32.2. The maximum atomic E-state index is 12.8. The Hall–Kier alpha value is -3.55. The third-order valence-electron chi connectivity index (χ3n) is 5.87. The van der Waals surface area contributed by atoms with Gasteiger partial charge in [-0.05, 0) is 48.5 Å². The Balaban J connectivity index is 1.90. The second-order valence-electron chi connectivity index (χ2n) is 9.01. The Labute approximate surface area is 292 Å². The van der Waals surface area contributed by atoms with Crippen molar-refractivity contribution in [3.8, 4) is 5.75 Å². The van der Waals surface area contributed by atoms with Crippen molar-refractivity contribution in [3.05, 3.63) is 48.5 Å². The average Bonchev–Trinajstić information content (AvgIpc) is 3.06. The van der Waals surface area contributed by atoms with Crippen LogP contribution in [0.1, 0.15) is 0 Å². The standard InChI is InChI=1S/C23H26N6O16S5/c1-39-22-5-3-14(48(32,33)8-6-40-46-44-42-30)10-21(22)29-28-20-13-19(16(24)12-17(20)25)27-26-18-4-2-15(11-23(18)50(36,37)38)49(34,35)9-7-41-47-45-43-31/h2-5,10-13,30-31H,6-9,24-25H2,1H3,(H,36,37,38). The van der Waals surface area contributed by atoms with Gasteiger partial charge in [0.2, 0.25) is 0 Å². The molecule has 0 amide bonds. The van der Waals surface area contributed by atoms with E-state index in [1.54, 1.807) is 0 Å². The van der Waals surface area contributed by atoms with Gasteiger partial charge in [-0.25, -0.2) is 27.4 Å². The number of hydrogen-bond donors (Lipinski definition) is 5. The number of methoxy groups -OCH3 is 1. The minimum Gasteiger partial charge on any atom is -0.494 e. The summed E-state index contributed by atoms with van der Waals surface area (Å²) < 4.78 is 108. The van der Waals surface area contributed by atoms with E-state index in [1.807, 2.05) is 0 Å². The number of hydrogen-bond acceptors (Lipinski definition) is 23. The molecule has 0 radical (unpaired) electrons. The van der Waals surface area contributed by atoms with Gasteiger partial charge < -0.3 is 16.2 Å². The van der Waals surface area contributed by atoms with Crippen molar-refractivity contribution in [2.45, 2.75) is 14.7 Å². The smallest absolute Gasteiger partial charge is 0.296 e. The highest BCUT2D eigenvalue weighted by Crippen LogP contribution is 2.38. The van der Waals surface area contributed by atoms with E-state index in [0.717, 1.165) is 12.1 Å². The van der Waals surface area contributed by atoms with E-state index in [2.05, 4.69) is 39.2 Å². The van der Waals surface area contributed by atoms with E-state index in [4.69, 9.17) is 35.1 Å². The Bertz CT molecular complexity index is 2030. The van der Waals surface area contributed by atoms with Crippen LogP contribution in [-0.4, -0.2) is 72.1 Å². The van der Waals surface area contributed by atoms with Crippen LogP contribution >= 0.6 is 24.6 Å². The van der Waals surface area contributed by atoms with Crippen molar-refractivity contribution in [2.24, 2.45) is 20.5 Å². The molecule has 0 aliphatic rings. The van der Waals surface area contributed by atoms with E-state index < -0.39 is 63.4 Å². The molecule has 3 rings (SSSR count). The first-order chi connectivity index (χ1) is 23.6. The fraction of sp³-hybridized carbons (Fsp3) is 0.217. The van der Waals surface area contributed by atoms with Gasteiger partial charge in [0.1, 0.15) is 33.4 Å². The van der Waals surface area contributed by atoms with Crippen LogP contribution in [0, 0.1) is 0 Å². The molecule has 50 heavy (non-hydrogen) atoms. The second kappa shape index (κ2) is 18.6. The highest BCUT2D eigenvalue weighted by molar-refractivity contribution is 7.92. The molecule has 27 heteroatoms. The number of nitrogen functional groups attached to an aromatic ring is 2. The summed E-state index contributed by atoms with van der Waals surface area (Å²) in [5.41, 5.74) is 11.4. The molecule has 3 aromatic carbocycles. The fourth-order valence-corrected chi connectivity index (χ4v) is 7.16. The molecule has 7 N–H and O–H groups in total. The van der Waals surface area contributed by atoms with Crippen molar-refractivity contribution in [1.29, 1.82) is 0 Å². The molecule has 22 nitrogen and oxygen atoms in total. The zero-order chi connectivity index (χ0) is 37.0. The molecule has 0 spiro atoms. The van der Waals surface area contributed by atoms with Gasteiger partial charge in [0, 0.05) is 0 Å². The summed E-state index contributed by atoms with van der Waals surface area (Å²) >= 11 is 0.356. The van der Waals surface area contributed by atoms with E-state index in [1.165, 1.54) is 37.4 Å². The molecule has 0 saturated heterocycles. The highest BCUT2D eigenvalue weighted by Gasteiger charge is 2.23. The van der Waals surface area contributed by atoms with Crippen LogP contribution in [0.4, 0.5) is 34.1 Å². The first-order valence-corrected chi connectivity index (χ1v) is 19.0. The van der Waals surface area contributed by atoms with Crippen LogP contribution in [0.5, 0.6) is 5.75 Å². The topological polar surface area (TPSA) is 329 Å². The average molecular weight is 803 g/mol. The largest absolute Gasteiger partial charge is 0.494 e. The summed E-state index contributed by atoms with van der Waals surface area (Å²) in [6, 6.07) is 8.90. The lowest BCUT2D eigenvalue weighted by Gasteiger charge is -2.09. The van der Waals surface area contributed by atoms with E-state index >= 15 is 0 Å². The SMILES string of the molecule is COc1ccc(S(=O)(=O)CCOSOOO)cc1N=Nc1cc(N=Nc2ccc(S(=O)(=O)CCOSOOO)cc2S(=O)(=O)O)c(N)cc1N. The third kappa shape index (κ3) is 11.8. The molecule has 0 heterocycles. The van der Waals surface area contributed by atoms with E-state index in [9.17, 15) is 29.8 Å². The van der Waals surface area contributed by atoms with Gasteiger partial charge in [-0.3, -0.25) is 12.9 Å². The summed E-state index contributed by atoms with van der Waals surface area (Å²) in [6.07, 6.45) is 0. The van der Waals surface area contributed by atoms with Gasteiger partial charge in [0.25, 0.3) is 10.1 Å². The fourth-order valence-electron chi connectivity index (χ4n) is 3.57. The van der Waals surface area contributed by atoms with Crippen molar-refractivity contribution in [1.82, 2.24) is 0 Å². The van der Waals surface area contributed by atoms with E-state index in [-0.39, 0.29) is 70.3 Å². The molecule has 0 aromatic heterocycles. The maximum absolute atomic E-state index is 12.8. The number of azo groups is 2. The summed E-state index contributed by atoms with van der Waals surface area (Å²) in [5, 5.41) is 38.6. The number of sulfone groups is 2. The summed E-state index contributed by atoms with van der Waals surface area (Å²) in [7, 11) is -11.8. The predicted octanol–water partition coefficient (Wildman–Crippen LogP) is 4.49. The molecular weight excluding hydrogens is 777 g/mol. The molecular formula is C23H26N6O16S5. The molecule has 274 valence electrons. The predicted molar refractivity (Wildman–Crippen MR) is 174 cm³/mol. The van der Waals surface area contributed by atoms with Crippen LogP contribution < -0.4 is 16.2 Å². The van der Waals surface area contributed by atoms with Crippen LogP contribution in [0.3, 0.4) is 0 Å². The zero-order valence-corrected chi connectivity index (χ0v) is 29.2. The lowest BCUT2D eigenvalue weighted by Crippen LogP contribution is -2.12. The number of nitrogens with two attached hydrogens (primary N) is 2. The lowest BCUT2D eigenvalue weighted by molar-refractivity contribution is -0.434. The van der Waals surface area contributed by atoms with Crippen molar-refractivity contribution in [2.75, 3.05) is 43.3 Å². The third-order valence-corrected chi connectivity index (χ3v) is 10.9. The maximum Gasteiger partial charge on any atom is 0.296 e. The normalized spacial score (nSPS) is 12.6. The summed E-state index contributed by atoms with van der Waals surface area (Å²) in [4.78, 5) is -1.57. The van der Waals surface area contributed by atoms with E-state index in [0.29, 0.717) is 6.07 Å². The molecule has 0 unspecified atom stereocenters. The molecule has 0 saturated carbocycles. The number of anilines is 2. The summed E-state index contributed by atoms with van der Waals surface area (Å²) in [5.74, 6) is -0.999. The Kier molecular flexibility index (Phi) is 15.2. The molecule has 0 atom stereocenters. The zero-order valence-electron chi connectivity index (χ0n) is 25.1. The first-order valence-electron chi connectivity index (χ1n) is 12.9. The van der Waals surface area contributed by atoms with Crippen molar-refractivity contribution >= 4 is 88.6 Å². The number of benzene rings is 3. The monoisotopic (exact) mass is 802 g/mol. The van der Waals surface area contributed by atoms with Gasteiger partial charge in [0.05, 0.1) is 53.0 Å². The van der Waals surface area contributed by atoms with Crippen molar-refractivity contribution in [3.63, 3.8) is 0 Å². The number of rotatable bonds is 20. The van der Waals surface area contributed by atoms with Gasteiger partial charge >= 0.3 is 0 Å². The van der Waals surface area contributed by atoms with Crippen LogP contribution in [0.15, 0.2) is 83.7 Å². The first kappa shape index (κ1) is 40.9. The minimum atomic E-state index is -5.03. The molecule has 0 aliphatic carbocycles. The van der Waals surface area contributed by atoms with Gasteiger partial charge in [0.15, 0.2) is 44.3 Å². The molecule has 0 aliphatic heterocycles. The van der Waals surface area contributed by atoms with Gasteiger partial charge in [-0.15, -0.1) is 29.1 Å². The van der Waals surface area contributed by atoms with Crippen molar-refractivity contribution < 1.29 is 72.2 Å².